The van der Waals surface area contributed by atoms with Crippen molar-refractivity contribution in [1.29, 1.82) is 0 Å². The molecule has 1 unspecified atom stereocenters. The highest BCUT2D eigenvalue weighted by atomic mass is 127. The summed E-state index contributed by atoms with van der Waals surface area (Å²) in [5.74, 6) is 1.16. The van der Waals surface area contributed by atoms with Crippen LogP contribution in [0.1, 0.15) is 23.5 Å². The molecule has 2 atom stereocenters. The molecule has 5 nitrogen and oxygen atoms in total. The van der Waals surface area contributed by atoms with Gasteiger partial charge < -0.3 is 9.64 Å². The van der Waals surface area contributed by atoms with E-state index in [-0.39, 0.29) is 11.8 Å². The molecule has 1 saturated carbocycles. The summed E-state index contributed by atoms with van der Waals surface area (Å²) in [6.07, 6.45) is 0.837. The summed E-state index contributed by atoms with van der Waals surface area (Å²) in [5.41, 5.74) is 3.75. The van der Waals surface area contributed by atoms with Gasteiger partial charge in [-0.2, -0.15) is 5.10 Å². The number of aromatic nitrogens is 2. The monoisotopic (exact) mass is 445 g/mol. The summed E-state index contributed by atoms with van der Waals surface area (Å²) in [5, 5.41) is 8.50. The summed E-state index contributed by atoms with van der Waals surface area (Å²) < 4.78 is 6.43. The van der Waals surface area contributed by atoms with Crippen LogP contribution < -0.4 is 9.64 Å². The molecule has 25 heavy (non-hydrogen) atoms. The predicted molar refractivity (Wildman–Crippen MR) is 104 cm³/mol. The first-order valence-electron chi connectivity index (χ1n) is 8.16. The summed E-state index contributed by atoms with van der Waals surface area (Å²) in [6.45, 7) is 0. The lowest BCUT2D eigenvalue weighted by Crippen LogP contribution is -2.29. The van der Waals surface area contributed by atoms with Crippen molar-refractivity contribution in [3.8, 4) is 5.75 Å². The first kappa shape index (κ1) is 15.2. The van der Waals surface area contributed by atoms with E-state index in [1.807, 2.05) is 25.2 Å². The van der Waals surface area contributed by atoms with E-state index in [9.17, 15) is 4.79 Å². The number of anilines is 1. The highest BCUT2D eigenvalue weighted by Crippen LogP contribution is 2.66. The van der Waals surface area contributed by atoms with Gasteiger partial charge >= 0.3 is 0 Å². The Bertz CT molecular complexity index is 1040. The lowest BCUT2D eigenvalue weighted by Gasteiger charge is -2.11. The van der Waals surface area contributed by atoms with Crippen LogP contribution in [-0.4, -0.2) is 30.3 Å². The van der Waals surface area contributed by atoms with Gasteiger partial charge in [-0.25, -0.2) is 0 Å². The Kier molecular flexibility index (Phi) is 3.02. The molecule has 1 fully saturated rings. The molecule has 0 bridgehead atoms. The maximum atomic E-state index is 13.1. The average Bonchev–Trinajstić information content (AvgIpc) is 3.25. The van der Waals surface area contributed by atoms with Gasteiger partial charge in [-0.3, -0.25) is 9.89 Å². The number of carbonyl (C=O) groups is 1. The molecule has 1 aliphatic carbocycles. The summed E-state index contributed by atoms with van der Waals surface area (Å²) >= 11 is 2.25. The molecule has 6 heteroatoms. The number of benzene rings is 2. The Morgan fingerprint density at radius 1 is 1.32 bits per heavy atom. The number of nitrogens with one attached hydrogen (secondary N) is 1. The highest BCUT2D eigenvalue weighted by molar-refractivity contribution is 14.1. The van der Waals surface area contributed by atoms with Gasteiger partial charge in [-0.15, -0.1) is 0 Å². The SMILES string of the molecule is COc1ccc2c(c1)[C@]1(CC1c1ccc3c(I)[nH]nc3c1)C(=O)N2C. The van der Waals surface area contributed by atoms with Crippen molar-refractivity contribution in [3.63, 3.8) is 0 Å². The van der Waals surface area contributed by atoms with E-state index in [1.165, 1.54) is 5.56 Å². The van der Waals surface area contributed by atoms with Crippen LogP contribution in [0.4, 0.5) is 5.69 Å². The zero-order valence-electron chi connectivity index (χ0n) is 13.8. The van der Waals surface area contributed by atoms with Crippen molar-refractivity contribution in [2.24, 2.45) is 0 Å². The Morgan fingerprint density at radius 3 is 2.96 bits per heavy atom. The minimum Gasteiger partial charge on any atom is -0.497 e. The minimum atomic E-state index is -0.449. The van der Waals surface area contributed by atoms with Gasteiger partial charge in [0, 0.05) is 24.0 Å². The van der Waals surface area contributed by atoms with Crippen molar-refractivity contribution in [1.82, 2.24) is 10.2 Å². The molecule has 126 valence electrons. The van der Waals surface area contributed by atoms with Crippen molar-refractivity contribution >= 4 is 45.1 Å². The molecular formula is C19H16IN3O2. The van der Waals surface area contributed by atoms with E-state index in [0.29, 0.717) is 0 Å². The molecule has 0 radical (unpaired) electrons. The highest BCUT2D eigenvalue weighted by Gasteiger charge is 2.66. The summed E-state index contributed by atoms with van der Waals surface area (Å²) in [6, 6.07) is 12.3. The van der Waals surface area contributed by atoms with E-state index in [2.05, 4.69) is 51.0 Å². The van der Waals surface area contributed by atoms with Gasteiger partial charge in [0.05, 0.1) is 18.0 Å². The number of rotatable bonds is 2. The van der Waals surface area contributed by atoms with E-state index in [0.717, 1.165) is 38.0 Å². The van der Waals surface area contributed by atoms with Crippen molar-refractivity contribution in [2.45, 2.75) is 17.8 Å². The van der Waals surface area contributed by atoms with Gasteiger partial charge in [-0.1, -0.05) is 6.07 Å². The van der Waals surface area contributed by atoms with E-state index < -0.39 is 5.41 Å². The van der Waals surface area contributed by atoms with E-state index in [1.54, 1.807) is 12.0 Å². The Balaban J connectivity index is 1.62. The van der Waals surface area contributed by atoms with Gasteiger partial charge in [0.1, 0.15) is 9.45 Å². The summed E-state index contributed by atoms with van der Waals surface area (Å²) in [4.78, 5) is 14.8. The van der Waals surface area contributed by atoms with Gasteiger partial charge in [0.25, 0.3) is 0 Å². The number of methoxy groups -OCH3 is 1. The quantitative estimate of drug-likeness (QED) is 0.614. The van der Waals surface area contributed by atoms with Crippen LogP contribution in [-0.2, 0) is 10.2 Å². The Labute approximate surface area is 158 Å². The first-order valence-corrected chi connectivity index (χ1v) is 9.24. The third-order valence-corrected chi connectivity index (χ3v) is 6.45. The maximum Gasteiger partial charge on any atom is 0.238 e. The first-order chi connectivity index (χ1) is 12.1. The number of fused-ring (bicyclic) bond motifs is 3. The molecule has 5 rings (SSSR count). The molecule has 3 aromatic rings. The zero-order valence-corrected chi connectivity index (χ0v) is 16.0. The third kappa shape index (κ3) is 1.88. The zero-order chi connectivity index (χ0) is 17.3. The average molecular weight is 445 g/mol. The van der Waals surface area contributed by atoms with Gasteiger partial charge in [0.2, 0.25) is 5.91 Å². The fraction of sp³-hybridized carbons (Fsp3) is 0.263. The largest absolute Gasteiger partial charge is 0.497 e. The van der Waals surface area contributed by atoms with Crippen LogP contribution >= 0.6 is 22.6 Å². The van der Waals surface area contributed by atoms with Crippen molar-refractivity contribution in [2.75, 3.05) is 19.1 Å². The summed E-state index contributed by atoms with van der Waals surface area (Å²) in [7, 11) is 3.52. The van der Waals surface area contributed by atoms with Crippen LogP contribution in [0.15, 0.2) is 36.4 Å². The molecular weight excluding hydrogens is 429 g/mol. The molecule has 1 aromatic heterocycles. The number of halogens is 1. The fourth-order valence-corrected chi connectivity index (χ4v) is 4.80. The lowest BCUT2D eigenvalue weighted by molar-refractivity contribution is -0.120. The minimum absolute atomic E-state index is 0.178. The van der Waals surface area contributed by atoms with Gasteiger partial charge in [0.15, 0.2) is 0 Å². The predicted octanol–water partition coefficient (Wildman–Crippen LogP) is 3.58. The number of nitrogens with zero attached hydrogens (tertiary/aromatic N) is 2. The Morgan fingerprint density at radius 2 is 2.16 bits per heavy atom. The second-order valence-electron chi connectivity index (χ2n) is 6.79. The lowest BCUT2D eigenvalue weighted by atomic mass is 9.91. The molecule has 1 amide bonds. The standard InChI is InChI=1S/C19H16IN3O2/c1-23-16-6-4-11(25-2)8-13(16)19(18(23)24)9-14(19)10-3-5-12-15(7-10)21-22-17(12)20/h3-8,14H,9H2,1-2H3,(H,21,22)/t14?,19-/m0/s1. The molecule has 1 N–H and O–H groups in total. The molecule has 2 aliphatic rings. The van der Waals surface area contributed by atoms with Gasteiger partial charge in [-0.05, 0) is 70.5 Å². The topological polar surface area (TPSA) is 58.2 Å². The van der Waals surface area contributed by atoms with E-state index >= 15 is 0 Å². The van der Waals surface area contributed by atoms with Crippen LogP contribution in [0, 0.1) is 3.70 Å². The number of hydrogen-bond acceptors (Lipinski definition) is 3. The molecule has 1 spiro atoms. The number of ether oxygens (including phenoxy) is 1. The molecule has 0 saturated heterocycles. The number of hydrogen-bond donors (Lipinski definition) is 1. The van der Waals surface area contributed by atoms with Crippen LogP contribution in [0.25, 0.3) is 10.9 Å². The molecule has 2 aromatic carbocycles. The van der Waals surface area contributed by atoms with Crippen LogP contribution in [0.5, 0.6) is 5.75 Å². The van der Waals surface area contributed by atoms with E-state index in [4.69, 9.17) is 4.74 Å². The number of aromatic amines is 1. The fourth-order valence-electron chi connectivity index (χ4n) is 4.23. The van der Waals surface area contributed by atoms with Crippen LogP contribution in [0.3, 0.4) is 0 Å². The van der Waals surface area contributed by atoms with Crippen LogP contribution in [0.2, 0.25) is 0 Å². The second-order valence-corrected chi connectivity index (χ2v) is 7.87. The second kappa shape index (κ2) is 4.97. The number of H-pyrrole nitrogens is 1. The Hall–Kier alpha value is -2.09. The smallest absolute Gasteiger partial charge is 0.238 e. The molecule has 2 heterocycles. The number of carbonyl (C=O) groups excluding carboxylic acids is 1. The number of likely N-dealkylation sites (N-methyl/N-ethyl adjacent to an activating group) is 1. The maximum absolute atomic E-state index is 13.1. The number of amides is 1. The van der Waals surface area contributed by atoms with Crippen molar-refractivity contribution in [3.05, 3.63) is 51.2 Å². The normalized spacial score (nSPS) is 24.2. The molecule has 1 aliphatic heterocycles. The van der Waals surface area contributed by atoms with Crippen molar-refractivity contribution < 1.29 is 9.53 Å². The third-order valence-electron chi connectivity index (χ3n) is 5.63.